The summed E-state index contributed by atoms with van der Waals surface area (Å²) in [6, 6.07) is 41.1. The summed E-state index contributed by atoms with van der Waals surface area (Å²) in [6.45, 7) is 13.8. The van der Waals surface area contributed by atoms with Crippen LogP contribution >= 0.6 is 8.53 Å². The first kappa shape index (κ1) is 58.1. The molecule has 83 heavy (non-hydrogen) atoms. The van der Waals surface area contributed by atoms with Crippen LogP contribution < -0.4 is 30.6 Å². The van der Waals surface area contributed by atoms with E-state index in [-0.39, 0.29) is 67.0 Å². The molecule has 4 unspecified atom stereocenters. The van der Waals surface area contributed by atoms with Crippen molar-refractivity contribution in [2.24, 2.45) is 0 Å². The number of carbonyl (C=O) groups excluding carboxylic acids is 1. The first-order valence-electron chi connectivity index (χ1n) is 27.7. The van der Waals surface area contributed by atoms with E-state index in [0.717, 1.165) is 54.1 Å². The molecule has 21 nitrogen and oxygen atoms in total. The normalized spacial score (nSPS) is 17.1. The van der Waals surface area contributed by atoms with E-state index in [0.29, 0.717) is 34.3 Å². The lowest BCUT2D eigenvalue weighted by Gasteiger charge is -2.39. The lowest BCUT2D eigenvalue weighted by molar-refractivity contribution is -0.114. The van der Waals surface area contributed by atoms with Crippen molar-refractivity contribution in [2.45, 2.75) is 83.6 Å². The summed E-state index contributed by atoms with van der Waals surface area (Å²) >= 11 is 0. The predicted molar refractivity (Wildman–Crippen MR) is 317 cm³/mol. The standard InChI is InChI=1S/C61H69N12O9P/c1-39(2)73(40(3)4)83(79-34-12-29-62)82-52-36-54(80-53(52)37-78-61(44-13-10-9-11-14-44,45-18-24-48(76-7)25-19-45)46-20-26-49(77-8)27-21-46)72-38-63-55-56(72)66-60(67-57(55)75)65-51-35-43(17-28-50(51)64-41(5)74)59-69-68-58(81-59)42-15-22-47(23-16-42)71-32-30-70(6)31-33-71/h9-11,13-28,35,38-40,52-54H,12,30-34,36-37H2,1-8H3,(H,64,74)(H2,65,66,67,75). The summed E-state index contributed by atoms with van der Waals surface area (Å²) in [5.41, 5.74) is 4.30. The van der Waals surface area contributed by atoms with Crippen molar-refractivity contribution in [3.63, 3.8) is 0 Å². The van der Waals surface area contributed by atoms with Gasteiger partial charge in [0.05, 0.1) is 63.7 Å². The molecule has 432 valence electrons. The van der Waals surface area contributed by atoms with Gasteiger partial charge in [-0.05, 0) is 118 Å². The van der Waals surface area contributed by atoms with Crippen LogP contribution in [0.3, 0.4) is 0 Å². The number of likely N-dealkylation sites (N-methyl/N-ethyl adjacent to an activating group) is 1. The smallest absolute Gasteiger partial charge is 0.280 e. The van der Waals surface area contributed by atoms with Gasteiger partial charge in [-0.1, -0.05) is 54.6 Å². The number of methoxy groups -OCH3 is 2. The number of anilines is 4. The van der Waals surface area contributed by atoms with Gasteiger partial charge in [-0.2, -0.15) is 10.2 Å². The third-order valence-corrected chi connectivity index (χ3v) is 16.8. The SMILES string of the molecule is COc1ccc(C(OCC2OC(n3cnc4c(=O)[nH]c(Nc5cc(-c6nnc(-c7ccc(N8CCN(C)CC8)cc7)o6)ccc5NC(C)=O)nc43)CC2OP(OCCC#N)N(C(C)C)C(C)C)(c2ccccc2)c2ccc(OC)cc2)cc1. The number of hydrogen-bond donors (Lipinski definition) is 3. The van der Waals surface area contributed by atoms with Crippen LogP contribution in [-0.4, -0.2) is 130 Å². The van der Waals surface area contributed by atoms with Gasteiger partial charge >= 0.3 is 0 Å². The van der Waals surface area contributed by atoms with E-state index < -0.39 is 38.1 Å². The van der Waals surface area contributed by atoms with Crippen LogP contribution in [0, 0.1) is 11.3 Å². The highest BCUT2D eigenvalue weighted by Gasteiger charge is 2.45. The van der Waals surface area contributed by atoms with Gasteiger partial charge in [-0.3, -0.25) is 19.1 Å². The number of fused-ring (bicyclic) bond motifs is 1. The van der Waals surface area contributed by atoms with Crippen molar-refractivity contribution in [3.05, 3.63) is 155 Å². The number of amides is 1. The van der Waals surface area contributed by atoms with Gasteiger partial charge in [0.25, 0.3) is 14.1 Å². The number of carbonyl (C=O) groups is 1. The molecule has 0 aliphatic carbocycles. The molecule has 2 aliphatic rings. The number of aromatic nitrogens is 6. The van der Waals surface area contributed by atoms with Crippen LogP contribution in [0.2, 0.25) is 0 Å². The third-order valence-electron chi connectivity index (χ3n) is 14.7. The molecule has 3 aromatic heterocycles. The van der Waals surface area contributed by atoms with Crippen molar-refractivity contribution in [2.75, 3.05) is 76.2 Å². The van der Waals surface area contributed by atoms with Crippen molar-refractivity contribution < 1.29 is 37.2 Å². The first-order chi connectivity index (χ1) is 40.2. The molecule has 5 aromatic carbocycles. The molecule has 0 spiro atoms. The van der Waals surface area contributed by atoms with Crippen LogP contribution in [0.25, 0.3) is 34.1 Å². The summed E-state index contributed by atoms with van der Waals surface area (Å²) in [7, 11) is 3.63. The number of rotatable bonds is 23. The van der Waals surface area contributed by atoms with Crippen molar-refractivity contribution >= 4 is 48.6 Å². The Morgan fingerprint density at radius 2 is 1.47 bits per heavy atom. The maximum absolute atomic E-state index is 14.1. The molecule has 0 radical (unpaired) electrons. The molecule has 2 saturated heterocycles. The van der Waals surface area contributed by atoms with Crippen LogP contribution in [-0.2, 0) is 28.9 Å². The summed E-state index contributed by atoms with van der Waals surface area (Å²) in [5, 5.41) is 24.5. The molecule has 10 rings (SSSR count). The maximum atomic E-state index is 14.1. The largest absolute Gasteiger partial charge is 0.497 e. The minimum Gasteiger partial charge on any atom is -0.497 e. The Morgan fingerprint density at radius 1 is 0.843 bits per heavy atom. The van der Waals surface area contributed by atoms with E-state index in [9.17, 15) is 14.9 Å². The molecular formula is C61H69N12O9P. The zero-order chi connectivity index (χ0) is 58.2. The van der Waals surface area contributed by atoms with Crippen LogP contribution in [0.4, 0.5) is 23.0 Å². The molecule has 2 aliphatic heterocycles. The fourth-order valence-corrected chi connectivity index (χ4v) is 12.3. The average molecular weight is 1150 g/mol. The number of nitrogens with one attached hydrogen (secondary N) is 3. The number of aromatic amines is 1. The van der Waals surface area contributed by atoms with E-state index in [4.69, 9.17) is 37.4 Å². The molecule has 22 heteroatoms. The number of nitriles is 1. The Bertz CT molecular complexity index is 3510. The molecule has 5 heterocycles. The summed E-state index contributed by atoms with van der Waals surface area (Å²) in [6.07, 6.45) is -0.250. The third kappa shape index (κ3) is 12.9. The minimum atomic E-state index is -1.76. The molecule has 2 fully saturated rings. The number of H-pyrrole nitrogens is 1. The highest BCUT2D eigenvalue weighted by molar-refractivity contribution is 7.44. The Hall–Kier alpha value is -8.06. The van der Waals surface area contributed by atoms with Gasteiger partial charge in [-0.15, -0.1) is 10.2 Å². The van der Waals surface area contributed by atoms with Gasteiger partial charge in [-0.25, -0.2) is 9.65 Å². The highest BCUT2D eigenvalue weighted by Crippen LogP contribution is 2.51. The second-order valence-electron chi connectivity index (χ2n) is 20.9. The summed E-state index contributed by atoms with van der Waals surface area (Å²) in [5.74, 6) is 1.68. The Labute approximate surface area is 483 Å². The Morgan fingerprint density at radius 3 is 2.08 bits per heavy atom. The molecule has 0 saturated carbocycles. The maximum Gasteiger partial charge on any atom is 0.280 e. The lowest BCUT2D eigenvalue weighted by atomic mass is 9.80. The van der Waals surface area contributed by atoms with E-state index in [2.05, 4.69) is 98.2 Å². The second-order valence-corrected chi connectivity index (χ2v) is 22.3. The quantitative estimate of drug-likeness (QED) is 0.0307. The van der Waals surface area contributed by atoms with E-state index in [1.807, 2.05) is 91.0 Å². The zero-order valence-electron chi connectivity index (χ0n) is 47.8. The lowest BCUT2D eigenvalue weighted by Crippen LogP contribution is -2.44. The van der Waals surface area contributed by atoms with Gasteiger partial charge in [0.2, 0.25) is 23.6 Å². The van der Waals surface area contributed by atoms with Gasteiger partial charge in [0.15, 0.2) is 11.2 Å². The number of imidazole rings is 1. The van der Waals surface area contributed by atoms with Gasteiger partial charge < -0.3 is 52.8 Å². The second kappa shape index (κ2) is 26.0. The Kier molecular flexibility index (Phi) is 18.2. The van der Waals surface area contributed by atoms with Crippen LogP contribution in [0.5, 0.6) is 11.5 Å². The van der Waals surface area contributed by atoms with E-state index in [1.165, 1.54) is 13.3 Å². The highest BCUT2D eigenvalue weighted by atomic mass is 31.2. The number of hydrogen-bond acceptors (Lipinski definition) is 18. The van der Waals surface area contributed by atoms with Gasteiger partial charge in [0.1, 0.15) is 29.4 Å². The molecular weight excluding hydrogens is 1080 g/mol. The summed E-state index contributed by atoms with van der Waals surface area (Å²) in [4.78, 5) is 43.7. The van der Waals surface area contributed by atoms with Crippen molar-refractivity contribution in [1.82, 2.24) is 39.3 Å². The predicted octanol–water partition coefficient (Wildman–Crippen LogP) is 10.3. The fourth-order valence-electron chi connectivity index (χ4n) is 10.6. The topological polar surface area (TPSA) is 233 Å². The zero-order valence-corrected chi connectivity index (χ0v) is 48.7. The molecule has 1 amide bonds. The Balaban J connectivity index is 0.987. The van der Waals surface area contributed by atoms with Crippen molar-refractivity contribution in [3.8, 4) is 40.5 Å². The number of benzene rings is 5. The monoisotopic (exact) mass is 1140 g/mol. The van der Waals surface area contributed by atoms with Crippen molar-refractivity contribution in [1.29, 1.82) is 5.26 Å². The average Bonchev–Trinajstić information content (AvgIpc) is 4.37. The van der Waals surface area contributed by atoms with E-state index >= 15 is 0 Å². The van der Waals surface area contributed by atoms with Crippen LogP contribution in [0.1, 0.15) is 70.4 Å². The number of piperazine rings is 1. The molecule has 3 N–H and O–H groups in total. The molecule has 0 bridgehead atoms. The van der Waals surface area contributed by atoms with Gasteiger partial charge in [0, 0.05) is 68.4 Å². The minimum absolute atomic E-state index is 0.000705. The molecule has 8 aromatic rings. The number of ether oxygens (including phenoxy) is 4. The van der Waals surface area contributed by atoms with Crippen LogP contribution in [0.15, 0.2) is 137 Å². The first-order valence-corrected chi connectivity index (χ1v) is 28.8. The molecule has 4 atom stereocenters. The van der Waals surface area contributed by atoms with E-state index in [1.54, 1.807) is 37.0 Å². The summed E-state index contributed by atoms with van der Waals surface area (Å²) < 4.78 is 49.5. The fraction of sp³-hybridized carbons (Fsp3) is 0.361. The number of nitrogens with zero attached hydrogens (tertiary/aromatic N) is 9.